The third-order valence-corrected chi connectivity index (χ3v) is 4.18. The summed E-state index contributed by atoms with van der Waals surface area (Å²) < 4.78 is 6.91. The largest absolute Gasteiger partial charge is 0.497 e. The highest BCUT2D eigenvalue weighted by Gasteiger charge is 2.13. The monoisotopic (exact) mass is 397 g/mol. The first-order valence-corrected chi connectivity index (χ1v) is 7.50. The number of hydrogen-bond donors (Lipinski definition) is 1. The van der Waals surface area contributed by atoms with E-state index in [0.717, 1.165) is 20.3 Å². The van der Waals surface area contributed by atoms with E-state index in [1.54, 1.807) is 19.2 Å². The molecule has 0 radical (unpaired) electrons. The Hall–Kier alpha value is -1.33. The fraction of sp³-hybridized carbons (Fsp3) is 0.133. The van der Waals surface area contributed by atoms with Gasteiger partial charge in [-0.05, 0) is 42.0 Å². The second kappa shape index (κ2) is 6.41. The summed E-state index contributed by atoms with van der Waals surface area (Å²) in [6.45, 7) is 0. The van der Waals surface area contributed by atoms with Crippen LogP contribution in [0.2, 0.25) is 0 Å². The molecule has 0 unspecified atom stereocenters. The first-order chi connectivity index (χ1) is 9.51. The lowest BCUT2D eigenvalue weighted by atomic mass is 10.0. The smallest absolute Gasteiger partial charge is 0.169 e. The van der Waals surface area contributed by atoms with Crippen LogP contribution in [0.4, 0.5) is 5.69 Å². The van der Waals surface area contributed by atoms with E-state index in [1.165, 1.54) is 0 Å². The maximum Gasteiger partial charge on any atom is 0.169 e. The van der Waals surface area contributed by atoms with Gasteiger partial charge >= 0.3 is 0 Å². The molecular formula is C15H13Br2NO2. The maximum absolute atomic E-state index is 12.3. The number of anilines is 1. The predicted molar refractivity (Wildman–Crippen MR) is 87.3 cm³/mol. The molecule has 20 heavy (non-hydrogen) atoms. The minimum Gasteiger partial charge on any atom is -0.497 e. The Labute approximate surface area is 134 Å². The van der Waals surface area contributed by atoms with Gasteiger partial charge in [0.15, 0.2) is 5.78 Å². The Kier molecular flexibility index (Phi) is 4.83. The van der Waals surface area contributed by atoms with Crippen molar-refractivity contribution < 1.29 is 9.53 Å². The summed E-state index contributed by atoms with van der Waals surface area (Å²) in [5.41, 5.74) is 7.76. The van der Waals surface area contributed by atoms with Crippen LogP contribution < -0.4 is 10.5 Å². The Bertz CT molecular complexity index is 656. The highest BCUT2D eigenvalue weighted by atomic mass is 79.9. The van der Waals surface area contributed by atoms with Gasteiger partial charge in [-0.2, -0.15) is 0 Å². The first kappa shape index (κ1) is 15.1. The van der Waals surface area contributed by atoms with Crippen molar-refractivity contribution in [2.75, 3.05) is 12.8 Å². The number of methoxy groups -OCH3 is 1. The number of benzene rings is 2. The van der Waals surface area contributed by atoms with Crippen LogP contribution in [0.5, 0.6) is 5.75 Å². The van der Waals surface area contributed by atoms with Crippen LogP contribution in [0.1, 0.15) is 15.9 Å². The number of carbonyl (C=O) groups excluding carboxylic acids is 1. The third kappa shape index (κ3) is 3.41. The van der Waals surface area contributed by atoms with E-state index in [2.05, 4.69) is 31.9 Å². The van der Waals surface area contributed by atoms with Crippen molar-refractivity contribution in [3.8, 4) is 5.75 Å². The molecule has 0 aromatic heterocycles. The maximum atomic E-state index is 12.3. The summed E-state index contributed by atoms with van der Waals surface area (Å²) in [6, 6.07) is 10.8. The zero-order valence-electron chi connectivity index (χ0n) is 10.8. The molecule has 2 aromatic carbocycles. The van der Waals surface area contributed by atoms with Gasteiger partial charge in [-0.3, -0.25) is 4.79 Å². The molecule has 0 aliphatic rings. The number of nitrogens with two attached hydrogens (primary N) is 1. The van der Waals surface area contributed by atoms with E-state index in [4.69, 9.17) is 10.5 Å². The first-order valence-electron chi connectivity index (χ1n) is 5.92. The molecule has 2 rings (SSSR count). The van der Waals surface area contributed by atoms with Gasteiger partial charge in [-0.25, -0.2) is 0 Å². The molecule has 5 heteroatoms. The second-order valence-electron chi connectivity index (χ2n) is 4.29. The molecule has 0 aliphatic carbocycles. The summed E-state index contributed by atoms with van der Waals surface area (Å²) in [5.74, 6) is 0.698. The van der Waals surface area contributed by atoms with Crippen molar-refractivity contribution in [3.05, 3.63) is 56.5 Å². The fourth-order valence-corrected chi connectivity index (χ4v) is 2.63. The number of halogens is 2. The van der Waals surface area contributed by atoms with Gasteiger partial charge in [0.25, 0.3) is 0 Å². The summed E-state index contributed by atoms with van der Waals surface area (Å²) in [5, 5.41) is 0. The SMILES string of the molecule is COc1ccc(Br)c(CC(=O)c2ccc(Br)cc2N)c1. The van der Waals surface area contributed by atoms with Gasteiger partial charge in [0, 0.05) is 26.6 Å². The Balaban J connectivity index is 2.27. The van der Waals surface area contributed by atoms with Gasteiger partial charge in [-0.1, -0.05) is 31.9 Å². The predicted octanol–water partition coefficient (Wildman–Crippen LogP) is 4.23. The van der Waals surface area contributed by atoms with Crippen molar-refractivity contribution >= 4 is 43.3 Å². The van der Waals surface area contributed by atoms with Gasteiger partial charge in [-0.15, -0.1) is 0 Å². The second-order valence-corrected chi connectivity index (χ2v) is 6.06. The lowest BCUT2D eigenvalue weighted by Gasteiger charge is -2.08. The van der Waals surface area contributed by atoms with E-state index in [9.17, 15) is 4.79 Å². The number of rotatable bonds is 4. The number of carbonyl (C=O) groups is 1. The van der Waals surface area contributed by atoms with Gasteiger partial charge in [0.1, 0.15) is 5.75 Å². The van der Waals surface area contributed by atoms with E-state index >= 15 is 0 Å². The van der Waals surface area contributed by atoms with Gasteiger partial charge in [0.05, 0.1) is 7.11 Å². The molecule has 0 bridgehead atoms. The highest BCUT2D eigenvalue weighted by Crippen LogP contribution is 2.25. The Morgan fingerprint density at radius 3 is 2.60 bits per heavy atom. The number of hydrogen-bond acceptors (Lipinski definition) is 3. The fourth-order valence-electron chi connectivity index (χ4n) is 1.87. The quantitative estimate of drug-likeness (QED) is 0.619. The summed E-state index contributed by atoms with van der Waals surface area (Å²) >= 11 is 6.77. The normalized spacial score (nSPS) is 10.3. The van der Waals surface area contributed by atoms with Crippen molar-refractivity contribution in [2.45, 2.75) is 6.42 Å². The molecule has 0 atom stereocenters. The number of ketones is 1. The van der Waals surface area contributed by atoms with E-state index in [1.807, 2.05) is 24.3 Å². The zero-order chi connectivity index (χ0) is 14.7. The topological polar surface area (TPSA) is 52.3 Å². The zero-order valence-corrected chi connectivity index (χ0v) is 14.0. The molecule has 2 aromatic rings. The molecule has 0 saturated heterocycles. The third-order valence-electron chi connectivity index (χ3n) is 2.92. The summed E-state index contributed by atoms with van der Waals surface area (Å²) in [4.78, 5) is 12.3. The lowest BCUT2D eigenvalue weighted by molar-refractivity contribution is 0.0993. The minimum atomic E-state index is -0.0241. The molecule has 2 N–H and O–H groups in total. The van der Waals surface area contributed by atoms with E-state index in [0.29, 0.717) is 11.3 Å². The number of nitrogen functional groups attached to an aromatic ring is 1. The average molecular weight is 399 g/mol. The molecule has 0 spiro atoms. The van der Waals surface area contributed by atoms with Crippen LogP contribution in [0.3, 0.4) is 0 Å². The number of Topliss-reactive ketones (excluding diaryl/α,β-unsaturated/α-hetero) is 1. The Morgan fingerprint density at radius 2 is 1.95 bits per heavy atom. The van der Waals surface area contributed by atoms with E-state index < -0.39 is 0 Å². The number of ether oxygens (including phenoxy) is 1. The highest BCUT2D eigenvalue weighted by molar-refractivity contribution is 9.10. The Morgan fingerprint density at radius 1 is 1.20 bits per heavy atom. The van der Waals surface area contributed by atoms with E-state index in [-0.39, 0.29) is 12.2 Å². The van der Waals surface area contributed by atoms with Gasteiger partial charge < -0.3 is 10.5 Å². The molecule has 0 aliphatic heterocycles. The molecule has 104 valence electrons. The van der Waals surface area contributed by atoms with Crippen molar-refractivity contribution in [1.82, 2.24) is 0 Å². The minimum absolute atomic E-state index is 0.0241. The van der Waals surface area contributed by atoms with Crippen LogP contribution in [-0.4, -0.2) is 12.9 Å². The van der Waals surface area contributed by atoms with Gasteiger partial charge in [0.2, 0.25) is 0 Å². The van der Waals surface area contributed by atoms with Crippen LogP contribution in [0, 0.1) is 0 Å². The molecule has 0 fully saturated rings. The molecule has 3 nitrogen and oxygen atoms in total. The summed E-state index contributed by atoms with van der Waals surface area (Å²) in [7, 11) is 1.60. The molecular weight excluding hydrogens is 386 g/mol. The van der Waals surface area contributed by atoms with Crippen molar-refractivity contribution in [2.24, 2.45) is 0 Å². The van der Waals surface area contributed by atoms with Crippen LogP contribution in [0.25, 0.3) is 0 Å². The van der Waals surface area contributed by atoms with Crippen molar-refractivity contribution in [3.63, 3.8) is 0 Å². The van der Waals surface area contributed by atoms with Crippen LogP contribution in [0.15, 0.2) is 45.3 Å². The van der Waals surface area contributed by atoms with Crippen molar-refractivity contribution in [1.29, 1.82) is 0 Å². The van der Waals surface area contributed by atoms with Crippen LogP contribution >= 0.6 is 31.9 Å². The standard InChI is InChI=1S/C15H13Br2NO2/c1-20-11-3-5-13(17)9(6-11)7-15(19)12-4-2-10(16)8-14(12)18/h2-6,8H,7,18H2,1H3. The van der Waals surface area contributed by atoms with Crippen LogP contribution in [-0.2, 0) is 6.42 Å². The average Bonchev–Trinajstić information content (AvgIpc) is 2.41. The molecule has 0 saturated carbocycles. The molecule has 0 heterocycles. The molecule has 0 amide bonds. The lowest BCUT2D eigenvalue weighted by Crippen LogP contribution is -2.07. The summed E-state index contributed by atoms with van der Waals surface area (Å²) in [6.07, 6.45) is 0.267.